The summed E-state index contributed by atoms with van der Waals surface area (Å²) in [6, 6.07) is 13.6. The second-order valence-corrected chi connectivity index (χ2v) is 9.32. The first-order valence-electron chi connectivity index (χ1n) is 11.4. The van der Waals surface area contributed by atoms with Gasteiger partial charge in [-0.3, -0.25) is 13.7 Å². The quantitative estimate of drug-likeness (QED) is 0.461. The maximum atomic E-state index is 13.0. The van der Waals surface area contributed by atoms with Crippen LogP contribution >= 0.6 is 11.6 Å². The monoisotopic (exact) mass is 465 g/mol. The van der Waals surface area contributed by atoms with Crippen LogP contribution in [-0.4, -0.2) is 43.2 Å². The molecule has 7 nitrogen and oxygen atoms in total. The highest BCUT2D eigenvalue weighted by Gasteiger charge is 2.23. The molecule has 0 spiro atoms. The SMILES string of the molecule is C=C(C)n1c(=O)n(CCCN2CCC(n3c(=O)[nH]c4cc(Cl)ccc43)CC2)c2ccccc21. The average Bonchev–Trinajstić information content (AvgIpc) is 3.27. The summed E-state index contributed by atoms with van der Waals surface area (Å²) in [6.07, 6.45) is 2.73. The highest BCUT2D eigenvalue weighted by Crippen LogP contribution is 2.26. The third-order valence-corrected chi connectivity index (χ3v) is 6.91. The lowest BCUT2D eigenvalue weighted by molar-refractivity contribution is 0.183. The molecule has 0 bridgehead atoms. The molecule has 3 heterocycles. The molecule has 4 aromatic rings. The van der Waals surface area contributed by atoms with Crippen LogP contribution in [0.2, 0.25) is 5.02 Å². The van der Waals surface area contributed by atoms with Crippen molar-refractivity contribution >= 4 is 39.4 Å². The molecule has 0 radical (unpaired) electrons. The van der Waals surface area contributed by atoms with E-state index >= 15 is 0 Å². The lowest BCUT2D eigenvalue weighted by Crippen LogP contribution is -2.38. The third-order valence-electron chi connectivity index (χ3n) is 6.67. The molecule has 2 aromatic heterocycles. The van der Waals surface area contributed by atoms with E-state index in [1.165, 1.54) is 0 Å². The number of hydrogen-bond acceptors (Lipinski definition) is 3. The van der Waals surface area contributed by atoms with Gasteiger partial charge in [-0.05, 0) is 63.1 Å². The van der Waals surface area contributed by atoms with Gasteiger partial charge in [-0.25, -0.2) is 9.59 Å². The van der Waals surface area contributed by atoms with Crippen molar-refractivity contribution in [1.29, 1.82) is 0 Å². The number of halogens is 1. The number of aryl methyl sites for hydroxylation is 1. The number of rotatable bonds is 6. The van der Waals surface area contributed by atoms with E-state index < -0.39 is 0 Å². The first-order chi connectivity index (χ1) is 15.9. The standard InChI is InChI=1S/C25H28ClN5O2/c1-17(2)30-23-7-4-3-6-22(23)29(25(30)33)13-5-12-28-14-10-19(11-15-28)31-21-9-8-18(26)16-20(21)27-24(31)32/h3-4,6-9,16,19H,1,5,10-15H2,2H3,(H,27,32). The number of nitrogens with one attached hydrogen (secondary N) is 1. The lowest BCUT2D eigenvalue weighted by atomic mass is 10.0. The number of likely N-dealkylation sites (tertiary alicyclic amines) is 1. The molecule has 5 rings (SSSR count). The fourth-order valence-electron chi connectivity index (χ4n) is 5.11. The predicted molar refractivity (Wildman–Crippen MR) is 134 cm³/mol. The minimum Gasteiger partial charge on any atom is -0.305 e. The summed E-state index contributed by atoms with van der Waals surface area (Å²) in [5.74, 6) is 0. The number of imidazole rings is 2. The summed E-state index contributed by atoms with van der Waals surface area (Å²) in [5.41, 5.74) is 4.18. The Morgan fingerprint density at radius 2 is 1.79 bits per heavy atom. The first-order valence-corrected chi connectivity index (χ1v) is 11.8. The molecule has 172 valence electrons. The molecule has 0 unspecified atom stereocenters. The average molecular weight is 466 g/mol. The Morgan fingerprint density at radius 1 is 1.06 bits per heavy atom. The second kappa shape index (κ2) is 8.72. The molecule has 0 aliphatic carbocycles. The number of allylic oxidation sites excluding steroid dienone is 1. The number of hydrogen-bond donors (Lipinski definition) is 1. The Balaban J connectivity index is 1.24. The van der Waals surface area contributed by atoms with E-state index in [0.717, 1.165) is 66.7 Å². The molecule has 1 N–H and O–H groups in total. The van der Waals surface area contributed by atoms with E-state index in [4.69, 9.17) is 11.6 Å². The molecule has 8 heteroatoms. The van der Waals surface area contributed by atoms with Crippen LogP contribution in [0.1, 0.15) is 32.2 Å². The molecule has 33 heavy (non-hydrogen) atoms. The zero-order valence-corrected chi connectivity index (χ0v) is 19.5. The van der Waals surface area contributed by atoms with Gasteiger partial charge in [0.05, 0.1) is 22.1 Å². The van der Waals surface area contributed by atoms with Crippen molar-refractivity contribution in [3.05, 3.63) is 75.0 Å². The van der Waals surface area contributed by atoms with Gasteiger partial charge in [-0.1, -0.05) is 30.3 Å². The van der Waals surface area contributed by atoms with Crippen LogP contribution in [0, 0.1) is 0 Å². The predicted octanol–water partition coefficient (Wildman–Crippen LogP) is 4.32. The van der Waals surface area contributed by atoms with E-state index in [1.54, 1.807) is 10.6 Å². The fourth-order valence-corrected chi connectivity index (χ4v) is 5.28. The van der Waals surface area contributed by atoms with E-state index in [0.29, 0.717) is 11.6 Å². The third kappa shape index (κ3) is 3.96. The molecule has 2 aromatic carbocycles. The van der Waals surface area contributed by atoms with Crippen LogP contribution in [0.25, 0.3) is 27.8 Å². The number of benzene rings is 2. The largest absolute Gasteiger partial charge is 0.333 e. The van der Waals surface area contributed by atoms with Crippen molar-refractivity contribution in [2.75, 3.05) is 19.6 Å². The van der Waals surface area contributed by atoms with Crippen molar-refractivity contribution in [3.63, 3.8) is 0 Å². The van der Waals surface area contributed by atoms with E-state index in [2.05, 4.69) is 16.5 Å². The van der Waals surface area contributed by atoms with Crippen LogP contribution in [0.3, 0.4) is 0 Å². The minimum atomic E-state index is -0.0704. The van der Waals surface area contributed by atoms with Gasteiger partial charge in [0.25, 0.3) is 0 Å². The number of piperidine rings is 1. The van der Waals surface area contributed by atoms with Crippen LogP contribution in [0.15, 0.2) is 58.6 Å². The molecular weight excluding hydrogens is 438 g/mol. The molecule has 0 amide bonds. The van der Waals surface area contributed by atoms with Gasteiger partial charge in [-0.2, -0.15) is 0 Å². The summed E-state index contributed by atoms with van der Waals surface area (Å²) in [7, 11) is 0. The van der Waals surface area contributed by atoms with Gasteiger partial charge in [0.1, 0.15) is 0 Å². The van der Waals surface area contributed by atoms with Crippen LogP contribution in [-0.2, 0) is 6.54 Å². The molecule has 1 saturated heterocycles. The lowest BCUT2D eigenvalue weighted by Gasteiger charge is -2.32. The molecular formula is C25H28ClN5O2. The number of aromatic amines is 1. The molecule has 0 atom stereocenters. The van der Waals surface area contributed by atoms with Crippen molar-refractivity contribution in [2.45, 2.75) is 38.8 Å². The Kier molecular flexibility index (Phi) is 5.76. The van der Waals surface area contributed by atoms with Gasteiger partial charge < -0.3 is 9.88 Å². The summed E-state index contributed by atoms with van der Waals surface area (Å²) in [6.45, 7) is 9.28. The van der Waals surface area contributed by atoms with E-state index in [1.807, 2.05) is 52.5 Å². The van der Waals surface area contributed by atoms with Gasteiger partial charge in [0.2, 0.25) is 0 Å². The highest BCUT2D eigenvalue weighted by molar-refractivity contribution is 6.31. The first kappa shape index (κ1) is 21.8. The normalized spacial score (nSPS) is 15.6. The zero-order valence-electron chi connectivity index (χ0n) is 18.8. The van der Waals surface area contributed by atoms with Gasteiger partial charge in [-0.15, -0.1) is 0 Å². The number of aromatic nitrogens is 4. The maximum Gasteiger partial charge on any atom is 0.333 e. The summed E-state index contributed by atoms with van der Waals surface area (Å²) < 4.78 is 5.43. The van der Waals surface area contributed by atoms with Crippen molar-refractivity contribution in [3.8, 4) is 0 Å². The van der Waals surface area contributed by atoms with Gasteiger partial charge in [0, 0.05) is 36.4 Å². The molecule has 1 aliphatic heterocycles. The minimum absolute atomic E-state index is 0.0266. The van der Waals surface area contributed by atoms with Crippen molar-refractivity contribution in [2.24, 2.45) is 0 Å². The highest BCUT2D eigenvalue weighted by atomic mass is 35.5. The smallest absolute Gasteiger partial charge is 0.305 e. The van der Waals surface area contributed by atoms with Crippen LogP contribution in [0.5, 0.6) is 0 Å². The summed E-state index contributed by atoms with van der Waals surface area (Å²) in [4.78, 5) is 30.9. The Morgan fingerprint density at radius 3 is 2.52 bits per heavy atom. The van der Waals surface area contributed by atoms with Crippen molar-refractivity contribution < 1.29 is 0 Å². The van der Waals surface area contributed by atoms with Crippen LogP contribution in [0.4, 0.5) is 0 Å². The van der Waals surface area contributed by atoms with Crippen molar-refractivity contribution in [1.82, 2.24) is 23.6 Å². The van der Waals surface area contributed by atoms with Gasteiger partial charge in [0.15, 0.2) is 0 Å². The summed E-state index contributed by atoms with van der Waals surface area (Å²) >= 11 is 6.07. The second-order valence-electron chi connectivity index (χ2n) is 8.88. The molecule has 1 aliphatic rings. The topological polar surface area (TPSA) is 68.0 Å². The maximum absolute atomic E-state index is 13.0. The fraction of sp³-hybridized carbons (Fsp3) is 0.360. The Bertz CT molecular complexity index is 1450. The summed E-state index contributed by atoms with van der Waals surface area (Å²) in [5, 5.41) is 0.621. The molecule has 1 fully saturated rings. The van der Waals surface area contributed by atoms with E-state index in [-0.39, 0.29) is 17.4 Å². The molecule has 0 saturated carbocycles. The Hall–Kier alpha value is -3.03. The number of fused-ring (bicyclic) bond motifs is 2. The Labute approximate surface area is 196 Å². The number of nitrogens with zero attached hydrogens (tertiary/aromatic N) is 4. The van der Waals surface area contributed by atoms with Crippen LogP contribution < -0.4 is 11.4 Å². The number of para-hydroxylation sites is 2. The zero-order chi connectivity index (χ0) is 23.1. The van der Waals surface area contributed by atoms with Gasteiger partial charge >= 0.3 is 11.4 Å². The van der Waals surface area contributed by atoms with E-state index in [9.17, 15) is 9.59 Å². The number of H-pyrrole nitrogens is 1.